The van der Waals surface area contributed by atoms with Gasteiger partial charge in [-0.05, 0) is 25.0 Å². The summed E-state index contributed by atoms with van der Waals surface area (Å²) in [5.41, 5.74) is 2.06. The molecule has 1 fully saturated rings. The van der Waals surface area contributed by atoms with Crippen LogP contribution in [0.25, 0.3) is 11.3 Å². The summed E-state index contributed by atoms with van der Waals surface area (Å²) < 4.78 is 1.08. The molecule has 0 atom stereocenters. The lowest BCUT2D eigenvalue weighted by Crippen LogP contribution is -2.03. The monoisotopic (exact) mass is 289 g/mol. The fourth-order valence-corrected chi connectivity index (χ4v) is 1.92. The maximum Gasteiger partial charge on any atom is 0.130 e. The van der Waals surface area contributed by atoms with Gasteiger partial charge in [0.25, 0.3) is 0 Å². The lowest BCUT2D eigenvalue weighted by atomic mass is 10.1. The van der Waals surface area contributed by atoms with E-state index in [-0.39, 0.29) is 0 Å². The van der Waals surface area contributed by atoms with Crippen molar-refractivity contribution < 1.29 is 0 Å². The van der Waals surface area contributed by atoms with Crippen molar-refractivity contribution in [2.75, 3.05) is 5.32 Å². The van der Waals surface area contributed by atoms with Crippen molar-refractivity contribution in [3.8, 4) is 11.3 Å². The SMILES string of the molecule is Brc1ccc(-c2cc(NC3CC3)ncn2)cc1. The maximum atomic E-state index is 4.30. The van der Waals surface area contributed by atoms with Crippen molar-refractivity contribution in [3.05, 3.63) is 41.1 Å². The van der Waals surface area contributed by atoms with Gasteiger partial charge in [0.05, 0.1) is 5.69 Å². The minimum atomic E-state index is 0.614. The van der Waals surface area contributed by atoms with E-state index in [0.717, 1.165) is 21.5 Å². The molecule has 0 aliphatic heterocycles. The van der Waals surface area contributed by atoms with Gasteiger partial charge in [0.15, 0.2) is 0 Å². The van der Waals surface area contributed by atoms with Gasteiger partial charge in [-0.2, -0.15) is 0 Å². The Hall–Kier alpha value is -1.42. The minimum Gasteiger partial charge on any atom is -0.367 e. The fraction of sp³-hybridized carbons (Fsp3) is 0.231. The van der Waals surface area contributed by atoms with E-state index in [1.165, 1.54) is 12.8 Å². The predicted octanol–water partition coefficient (Wildman–Crippen LogP) is 3.48. The summed E-state index contributed by atoms with van der Waals surface area (Å²) in [5.74, 6) is 0.917. The molecule has 1 N–H and O–H groups in total. The van der Waals surface area contributed by atoms with Crippen LogP contribution in [0.4, 0.5) is 5.82 Å². The second-order valence-corrected chi connectivity index (χ2v) is 5.13. The van der Waals surface area contributed by atoms with Crippen LogP contribution in [0.2, 0.25) is 0 Å². The summed E-state index contributed by atoms with van der Waals surface area (Å²) in [6.45, 7) is 0. The van der Waals surface area contributed by atoms with Gasteiger partial charge >= 0.3 is 0 Å². The number of aromatic nitrogens is 2. The van der Waals surface area contributed by atoms with Crippen LogP contribution in [-0.4, -0.2) is 16.0 Å². The molecule has 1 saturated carbocycles. The Kier molecular flexibility index (Phi) is 2.81. The third-order valence-corrected chi connectivity index (χ3v) is 3.27. The molecule has 4 heteroatoms. The van der Waals surface area contributed by atoms with Crippen LogP contribution < -0.4 is 5.32 Å². The number of anilines is 1. The number of hydrogen-bond donors (Lipinski definition) is 1. The van der Waals surface area contributed by atoms with E-state index >= 15 is 0 Å². The number of nitrogens with one attached hydrogen (secondary N) is 1. The quantitative estimate of drug-likeness (QED) is 0.940. The van der Waals surface area contributed by atoms with Crippen LogP contribution in [0, 0.1) is 0 Å². The summed E-state index contributed by atoms with van der Waals surface area (Å²) in [4.78, 5) is 8.53. The number of hydrogen-bond acceptors (Lipinski definition) is 3. The first kappa shape index (κ1) is 10.7. The highest BCUT2D eigenvalue weighted by atomic mass is 79.9. The highest BCUT2D eigenvalue weighted by Crippen LogP contribution is 2.26. The standard InChI is InChI=1S/C13H12BrN3/c14-10-3-1-9(2-4-10)12-7-13(16-8-15-12)17-11-5-6-11/h1-4,7-8,11H,5-6H2,(H,15,16,17). The highest BCUT2D eigenvalue weighted by molar-refractivity contribution is 9.10. The molecule has 2 aromatic rings. The number of rotatable bonds is 3. The van der Waals surface area contributed by atoms with Gasteiger partial charge in [-0.1, -0.05) is 28.1 Å². The smallest absolute Gasteiger partial charge is 0.130 e. The highest BCUT2D eigenvalue weighted by Gasteiger charge is 2.21. The minimum absolute atomic E-state index is 0.614. The molecule has 0 radical (unpaired) electrons. The molecule has 1 aliphatic rings. The van der Waals surface area contributed by atoms with Gasteiger partial charge in [0, 0.05) is 22.1 Å². The Morgan fingerprint density at radius 2 is 1.88 bits per heavy atom. The zero-order chi connectivity index (χ0) is 11.7. The lowest BCUT2D eigenvalue weighted by molar-refractivity contribution is 1.08. The summed E-state index contributed by atoms with van der Waals surface area (Å²) in [7, 11) is 0. The second kappa shape index (κ2) is 4.45. The molecular weight excluding hydrogens is 278 g/mol. The van der Waals surface area contributed by atoms with Gasteiger partial charge in [-0.3, -0.25) is 0 Å². The van der Waals surface area contributed by atoms with E-state index in [4.69, 9.17) is 0 Å². The average Bonchev–Trinajstić information content (AvgIpc) is 3.14. The molecule has 0 amide bonds. The Balaban J connectivity index is 1.88. The first-order chi connectivity index (χ1) is 8.31. The molecular formula is C13H12BrN3. The van der Waals surface area contributed by atoms with Crippen molar-refractivity contribution in [1.82, 2.24) is 9.97 Å². The molecule has 0 saturated heterocycles. The second-order valence-electron chi connectivity index (χ2n) is 4.21. The van der Waals surface area contributed by atoms with Gasteiger partial charge in [-0.15, -0.1) is 0 Å². The normalized spacial score (nSPS) is 14.6. The first-order valence-electron chi connectivity index (χ1n) is 5.66. The molecule has 17 heavy (non-hydrogen) atoms. The molecule has 3 rings (SSSR count). The fourth-order valence-electron chi connectivity index (χ4n) is 1.65. The molecule has 1 aromatic heterocycles. The third-order valence-electron chi connectivity index (χ3n) is 2.74. The van der Waals surface area contributed by atoms with E-state index in [1.54, 1.807) is 6.33 Å². The van der Waals surface area contributed by atoms with Crippen LogP contribution in [0.15, 0.2) is 41.1 Å². The van der Waals surface area contributed by atoms with Crippen molar-refractivity contribution in [1.29, 1.82) is 0 Å². The van der Waals surface area contributed by atoms with Crippen molar-refractivity contribution >= 4 is 21.7 Å². The van der Waals surface area contributed by atoms with Gasteiger partial charge in [0.2, 0.25) is 0 Å². The number of benzene rings is 1. The summed E-state index contributed by atoms with van der Waals surface area (Å²) in [5, 5.41) is 3.38. The first-order valence-corrected chi connectivity index (χ1v) is 6.45. The molecule has 1 aromatic carbocycles. The van der Waals surface area contributed by atoms with Gasteiger partial charge in [-0.25, -0.2) is 9.97 Å². The van der Waals surface area contributed by atoms with Crippen molar-refractivity contribution in [3.63, 3.8) is 0 Å². The number of nitrogens with zero attached hydrogens (tertiary/aromatic N) is 2. The van der Waals surface area contributed by atoms with E-state index in [2.05, 4.69) is 31.2 Å². The number of halogens is 1. The zero-order valence-corrected chi connectivity index (χ0v) is 10.8. The van der Waals surface area contributed by atoms with Gasteiger partial charge < -0.3 is 5.32 Å². The lowest BCUT2D eigenvalue weighted by Gasteiger charge is -2.05. The Bertz CT molecular complexity index is 520. The van der Waals surface area contributed by atoms with Crippen LogP contribution >= 0.6 is 15.9 Å². The Morgan fingerprint density at radius 1 is 1.12 bits per heavy atom. The van der Waals surface area contributed by atoms with Gasteiger partial charge in [0.1, 0.15) is 12.1 Å². The Labute approximate surface area is 108 Å². The molecule has 0 spiro atoms. The van der Waals surface area contributed by atoms with E-state index < -0.39 is 0 Å². The third kappa shape index (κ3) is 2.64. The van der Waals surface area contributed by atoms with Crippen LogP contribution in [0.1, 0.15) is 12.8 Å². The average molecular weight is 290 g/mol. The largest absolute Gasteiger partial charge is 0.367 e. The molecule has 1 aliphatic carbocycles. The van der Waals surface area contributed by atoms with Crippen molar-refractivity contribution in [2.45, 2.75) is 18.9 Å². The topological polar surface area (TPSA) is 37.8 Å². The van der Waals surface area contributed by atoms with Crippen LogP contribution in [0.5, 0.6) is 0 Å². The van der Waals surface area contributed by atoms with E-state index in [0.29, 0.717) is 6.04 Å². The molecule has 3 nitrogen and oxygen atoms in total. The summed E-state index contributed by atoms with van der Waals surface area (Å²) in [6, 6.07) is 10.8. The molecule has 0 unspecified atom stereocenters. The maximum absolute atomic E-state index is 4.30. The van der Waals surface area contributed by atoms with E-state index in [9.17, 15) is 0 Å². The van der Waals surface area contributed by atoms with Crippen LogP contribution in [0.3, 0.4) is 0 Å². The summed E-state index contributed by atoms with van der Waals surface area (Å²) >= 11 is 3.43. The van der Waals surface area contributed by atoms with E-state index in [1.807, 2.05) is 30.3 Å². The predicted molar refractivity (Wildman–Crippen MR) is 71.8 cm³/mol. The van der Waals surface area contributed by atoms with Crippen LogP contribution in [-0.2, 0) is 0 Å². The molecule has 0 bridgehead atoms. The van der Waals surface area contributed by atoms with Crippen molar-refractivity contribution in [2.24, 2.45) is 0 Å². The molecule has 1 heterocycles. The zero-order valence-electron chi connectivity index (χ0n) is 9.23. The Morgan fingerprint density at radius 3 is 2.59 bits per heavy atom. The molecule has 86 valence electrons. The summed E-state index contributed by atoms with van der Waals surface area (Å²) in [6.07, 6.45) is 4.11.